The van der Waals surface area contributed by atoms with Gasteiger partial charge in [-0.05, 0) is 12.5 Å². The van der Waals surface area contributed by atoms with Crippen LogP contribution >= 0.6 is 23.2 Å². The quantitative estimate of drug-likeness (QED) is 0.813. The van der Waals surface area contributed by atoms with E-state index >= 15 is 0 Å². The number of nitrogens with zero attached hydrogens (tertiary/aromatic N) is 1. The number of pyridine rings is 1. The summed E-state index contributed by atoms with van der Waals surface area (Å²) in [7, 11) is 0. The van der Waals surface area contributed by atoms with Gasteiger partial charge in [0, 0.05) is 18.3 Å². The zero-order valence-corrected chi connectivity index (χ0v) is 13.2. The monoisotopic (exact) mass is 341 g/mol. The maximum atomic E-state index is 12.0. The van der Waals surface area contributed by atoms with E-state index in [1.54, 1.807) is 0 Å². The van der Waals surface area contributed by atoms with Gasteiger partial charge in [0.25, 0.3) is 0 Å². The molecule has 0 bridgehead atoms. The summed E-state index contributed by atoms with van der Waals surface area (Å²) >= 11 is 12.0. The molecule has 0 radical (unpaired) electrons. The van der Waals surface area contributed by atoms with Gasteiger partial charge in [-0.15, -0.1) is 0 Å². The standard InChI is InChI=1S/C15H13Cl2NO4/c1-2-5-21-15(20)10-3-4-18-8-13(10)22-14-11(16)6-9(19)7-12(14)17/h3-4,6-8,19H,2,5H2,1H3. The highest BCUT2D eigenvalue weighted by Gasteiger charge is 2.17. The Bertz CT molecular complexity index is 668. The molecule has 0 spiro atoms. The molecule has 2 rings (SSSR count). The molecule has 0 fully saturated rings. The Labute approximate surface area is 137 Å². The van der Waals surface area contributed by atoms with Gasteiger partial charge in [-0.1, -0.05) is 30.1 Å². The van der Waals surface area contributed by atoms with E-state index in [0.29, 0.717) is 13.0 Å². The van der Waals surface area contributed by atoms with Gasteiger partial charge in [0.15, 0.2) is 11.5 Å². The van der Waals surface area contributed by atoms with Gasteiger partial charge >= 0.3 is 5.97 Å². The molecule has 0 aliphatic heterocycles. The molecule has 2 aromatic rings. The molecule has 0 atom stereocenters. The fourth-order valence-electron chi connectivity index (χ4n) is 1.66. The second kappa shape index (κ2) is 7.33. The van der Waals surface area contributed by atoms with Crippen LogP contribution in [0.5, 0.6) is 17.2 Å². The van der Waals surface area contributed by atoms with Crippen molar-refractivity contribution in [2.24, 2.45) is 0 Å². The van der Waals surface area contributed by atoms with Crippen molar-refractivity contribution in [3.8, 4) is 17.2 Å². The van der Waals surface area contributed by atoms with Crippen LogP contribution < -0.4 is 4.74 Å². The van der Waals surface area contributed by atoms with Gasteiger partial charge in [-0.25, -0.2) is 4.79 Å². The van der Waals surface area contributed by atoms with Crippen LogP contribution in [0.2, 0.25) is 10.0 Å². The molecule has 116 valence electrons. The number of benzene rings is 1. The topological polar surface area (TPSA) is 68.7 Å². The second-order valence-electron chi connectivity index (χ2n) is 4.35. The van der Waals surface area contributed by atoms with Crippen molar-refractivity contribution in [3.63, 3.8) is 0 Å². The van der Waals surface area contributed by atoms with E-state index in [1.807, 2.05) is 6.92 Å². The lowest BCUT2D eigenvalue weighted by Gasteiger charge is -2.12. The number of aromatic nitrogens is 1. The Balaban J connectivity index is 2.33. The number of hydrogen-bond donors (Lipinski definition) is 1. The highest BCUT2D eigenvalue weighted by molar-refractivity contribution is 6.37. The molecular weight excluding hydrogens is 329 g/mol. The van der Waals surface area contributed by atoms with Crippen LogP contribution in [-0.4, -0.2) is 22.7 Å². The van der Waals surface area contributed by atoms with Crippen molar-refractivity contribution < 1.29 is 19.4 Å². The summed E-state index contributed by atoms with van der Waals surface area (Å²) in [4.78, 5) is 15.9. The largest absolute Gasteiger partial charge is 0.508 e. The number of rotatable bonds is 5. The van der Waals surface area contributed by atoms with Gasteiger partial charge in [0.2, 0.25) is 0 Å². The zero-order valence-electron chi connectivity index (χ0n) is 11.7. The van der Waals surface area contributed by atoms with Crippen LogP contribution in [0, 0.1) is 0 Å². The van der Waals surface area contributed by atoms with Crippen LogP contribution in [-0.2, 0) is 4.74 Å². The van der Waals surface area contributed by atoms with Gasteiger partial charge < -0.3 is 14.6 Å². The molecule has 0 aliphatic rings. The fourth-order valence-corrected chi connectivity index (χ4v) is 2.21. The summed E-state index contributed by atoms with van der Waals surface area (Å²) in [6, 6.07) is 4.05. The van der Waals surface area contributed by atoms with Crippen molar-refractivity contribution in [3.05, 3.63) is 46.2 Å². The molecule has 0 aliphatic carbocycles. The lowest BCUT2D eigenvalue weighted by Crippen LogP contribution is -2.08. The SMILES string of the molecule is CCCOC(=O)c1ccncc1Oc1c(Cl)cc(O)cc1Cl. The highest BCUT2D eigenvalue weighted by atomic mass is 35.5. The normalized spacial score (nSPS) is 10.3. The Morgan fingerprint density at radius 2 is 2.00 bits per heavy atom. The van der Waals surface area contributed by atoms with Gasteiger partial charge in [-0.2, -0.15) is 0 Å². The number of phenolic OH excluding ortho intramolecular Hbond substituents is 1. The zero-order chi connectivity index (χ0) is 16.1. The molecule has 7 heteroatoms. The molecular formula is C15H13Cl2NO4. The van der Waals surface area contributed by atoms with Crippen LogP contribution in [0.3, 0.4) is 0 Å². The molecule has 22 heavy (non-hydrogen) atoms. The average Bonchev–Trinajstić information content (AvgIpc) is 2.48. The third-order valence-corrected chi connectivity index (χ3v) is 3.20. The molecule has 0 saturated heterocycles. The van der Waals surface area contributed by atoms with E-state index in [1.165, 1.54) is 30.6 Å². The van der Waals surface area contributed by atoms with Crippen molar-refractivity contribution in [2.75, 3.05) is 6.61 Å². The summed E-state index contributed by atoms with van der Waals surface area (Å²) < 4.78 is 10.7. The van der Waals surface area contributed by atoms with Crippen molar-refractivity contribution in [2.45, 2.75) is 13.3 Å². The third-order valence-electron chi connectivity index (χ3n) is 2.64. The minimum atomic E-state index is -0.523. The Kier molecular flexibility index (Phi) is 5.46. The van der Waals surface area contributed by atoms with Crippen molar-refractivity contribution >= 4 is 29.2 Å². The number of carbonyl (C=O) groups is 1. The number of phenols is 1. The highest BCUT2D eigenvalue weighted by Crippen LogP contribution is 2.39. The maximum absolute atomic E-state index is 12.0. The number of carbonyl (C=O) groups excluding carboxylic acids is 1. The Hall–Kier alpha value is -1.98. The van der Waals surface area contributed by atoms with E-state index in [2.05, 4.69) is 4.98 Å². The van der Waals surface area contributed by atoms with Crippen LogP contribution in [0.1, 0.15) is 23.7 Å². The summed E-state index contributed by atoms with van der Waals surface area (Å²) in [6.45, 7) is 2.20. The first-order valence-electron chi connectivity index (χ1n) is 6.50. The number of ether oxygens (including phenoxy) is 2. The summed E-state index contributed by atoms with van der Waals surface area (Å²) in [6.07, 6.45) is 3.53. The summed E-state index contributed by atoms with van der Waals surface area (Å²) in [5.41, 5.74) is 0.212. The summed E-state index contributed by atoms with van der Waals surface area (Å²) in [5, 5.41) is 9.64. The molecule has 0 amide bonds. The molecule has 5 nitrogen and oxygen atoms in total. The molecule has 0 saturated carbocycles. The molecule has 0 unspecified atom stereocenters. The summed E-state index contributed by atoms with van der Waals surface area (Å²) in [5.74, 6) is -0.321. The first-order valence-corrected chi connectivity index (χ1v) is 7.25. The van der Waals surface area contributed by atoms with Crippen LogP contribution in [0.4, 0.5) is 0 Å². The van der Waals surface area contributed by atoms with E-state index in [-0.39, 0.29) is 32.9 Å². The molecule has 1 aromatic heterocycles. The first kappa shape index (κ1) is 16.4. The number of esters is 1. The van der Waals surface area contributed by atoms with E-state index in [0.717, 1.165) is 0 Å². The van der Waals surface area contributed by atoms with E-state index in [9.17, 15) is 9.90 Å². The number of hydrogen-bond acceptors (Lipinski definition) is 5. The molecule has 1 N–H and O–H groups in total. The minimum absolute atomic E-state index is 0.0869. The molecule has 1 heterocycles. The lowest BCUT2D eigenvalue weighted by molar-refractivity contribution is 0.0502. The van der Waals surface area contributed by atoms with Gasteiger partial charge in [0.1, 0.15) is 11.3 Å². The first-order chi connectivity index (χ1) is 10.5. The van der Waals surface area contributed by atoms with Crippen molar-refractivity contribution in [1.82, 2.24) is 4.98 Å². The average molecular weight is 342 g/mol. The second-order valence-corrected chi connectivity index (χ2v) is 5.16. The third kappa shape index (κ3) is 3.81. The smallest absolute Gasteiger partial charge is 0.342 e. The Morgan fingerprint density at radius 1 is 1.32 bits per heavy atom. The van der Waals surface area contributed by atoms with Crippen LogP contribution in [0.25, 0.3) is 0 Å². The fraction of sp³-hybridized carbons (Fsp3) is 0.200. The minimum Gasteiger partial charge on any atom is -0.508 e. The van der Waals surface area contributed by atoms with Crippen LogP contribution in [0.15, 0.2) is 30.6 Å². The Morgan fingerprint density at radius 3 is 2.64 bits per heavy atom. The predicted molar refractivity (Wildman–Crippen MR) is 83.0 cm³/mol. The van der Waals surface area contributed by atoms with Gasteiger partial charge in [0.05, 0.1) is 22.8 Å². The van der Waals surface area contributed by atoms with E-state index in [4.69, 9.17) is 32.7 Å². The van der Waals surface area contributed by atoms with Gasteiger partial charge in [-0.3, -0.25) is 4.98 Å². The van der Waals surface area contributed by atoms with E-state index < -0.39 is 5.97 Å². The number of halogens is 2. The molecule has 1 aromatic carbocycles. The van der Waals surface area contributed by atoms with Crippen molar-refractivity contribution in [1.29, 1.82) is 0 Å². The predicted octanol–water partition coefficient (Wildman–Crippen LogP) is 4.45. The maximum Gasteiger partial charge on any atom is 0.342 e. The number of aromatic hydroxyl groups is 1. The lowest BCUT2D eigenvalue weighted by atomic mass is 10.2.